The van der Waals surface area contributed by atoms with Crippen molar-refractivity contribution >= 4 is 22.9 Å². The molecule has 1 aromatic rings. The quantitative estimate of drug-likeness (QED) is 0.898. The molecule has 3 unspecified atom stereocenters. The molecule has 0 spiro atoms. The topological polar surface area (TPSA) is 42.1 Å². The summed E-state index contributed by atoms with van der Waals surface area (Å²) in [6.45, 7) is 3.27. The molecule has 1 aromatic heterocycles. The summed E-state index contributed by atoms with van der Waals surface area (Å²) in [5.41, 5.74) is 6.22. The van der Waals surface area contributed by atoms with Crippen LogP contribution in [0.15, 0.2) is 6.20 Å². The van der Waals surface area contributed by atoms with E-state index in [0.717, 1.165) is 28.4 Å². The lowest BCUT2D eigenvalue weighted by atomic mass is 9.78. The van der Waals surface area contributed by atoms with Gasteiger partial charge in [-0.25, -0.2) is 4.98 Å². The Labute approximate surface area is 111 Å². The van der Waals surface area contributed by atoms with Crippen molar-refractivity contribution in [3.05, 3.63) is 15.5 Å². The van der Waals surface area contributed by atoms with E-state index in [9.17, 15) is 0 Å². The van der Waals surface area contributed by atoms with Crippen molar-refractivity contribution in [3.8, 4) is 0 Å². The number of hydrogen-bond donors (Lipinski definition) is 1. The Bertz CT molecular complexity index is 395. The predicted molar refractivity (Wildman–Crippen MR) is 71.2 cm³/mol. The maximum absolute atomic E-state index is 6.22. The molecule has 3 atom stereocenters. The van der Waals surface area contributed by atoms with Crippen LogP contribution in [0.2, 0.25) is 4.34 Å². The van der Waals surface area contributed by atoms with Crippen molar-refractivity contribution in [1.29, 1.82) is 0 Å². The molecule has 5 heteroatoms. The van der Waals surface area contributed by atoms with E-state index < -0.39 is 0 Å². The molecule has 1 saturated heterocycles. The summed E-state index contributed by atoms with van der Waals surface area (Å²) in [6, 6.07) is 0.415. The zero-order valence-corrected chi connectivity index (χ0v) is 11.4. The van der Waals surface area contributed by atoms with Crippen LogP contribution in [0.5, 0.6) is 0 Å². The first kappa shape index (κ1) is 11.9. The van der Waals surface area contributed by atoms with Crippen LogP contribution in [-0.4, -0.2) is 29.0 Å². The molecule has 0 radical (unpaired) electrons. The summed E-state index contributed by atoms with van der Waals surface area (Å²) in [5.74, 6) is 1.52. The van der Waals surface area contributed by atoms with Gasteiger partial charge < -0.3 is 5.73 Å². The highest BCUT2D eigenvalue weighted by molar-refractivity contribution is 7.15. The van der Waals surface area contributed by atoms with Gasteiger partial charge in [-0.3, -0.25) is 4.90 Å². The number of likely N-dealkylation sites (tertiary alicyclic amines) is 1. The molecule has 2 heterocycles. The van der Waals surface area contributed by atoms with E-state index in [2.05, 4.69) is 9.88 Å². The summed E-state index contributed by atoms with van der Waals surface area (Å²) < 4.78 is 0.785. The molecule has 94 valence electrons. The Hall–Kier alpha value is -0.160. The van der Waals surface area contributed by atoms with Crippen LogP contribution >= 0.6 is 22.9 Å². The second-order valence-electron chi connectivity index (χ2n) is 5.27. The molecule has 3 rings (SSSR count). The predicted octanol–water partition coefficient (Wildman–Crippen LogP) is 2.36. The van der Waals surface area contributed by atoms with E-state index in [1.165, 1.54) is 25.8 Å². The zero-order valence-electron chi connectivity index (χ0n) is 9.81. The van der Waals surface area contributed by atoms with Crippen LogP contribution in [-0.2, 0) is 6.54 Å². The lowest BCUT2D eigenvalue weighted by Gasteiger charge is -2.29. The third-order valence-corrected chi connectivity index (χ3v) is 5.21. The minimum atomic E-state index is 0.415. The van der Waals surface area contributed by atoms with Gasteiger partial charge in [0.2, 0.25) is 0 Å². The minimum absolute atomic E-state index is 0.415. The van der Waals surface area contributed by atoms with E-state index in [1.807, 2.05) is 0 Å². The smallest absolute Gasteiger partial charge is 0.113 e. The summed E-state index contributed by atoms with van der Waals surface area (Å²) in [4.78, 5) is 6.83. The molecule has 3 nitrogen and oxygen atoms in total. The van der Waals surface area contributed by atoms with Gasteiger partial charge in [-0.2, -0.15) is 0 Å². The van der Waals surface area contributed by atoms with Gasteiger partial charge in [0.05, 0.1) is 12.7 Å². The van der Waals surface area contributed by atoms with Crippen LogP contribution < -0.4 is 5.73 Å². The average molecular weight is 272 g/mol. The fourth-order valence-electron chi connectivity index (χ4n) is 3.29. The van der Waals surface area contributed by atoms with Crippen molar-refractivity contribution in [2.75, 3.05) is 13.1 Å². The Balaban J connectivity index is 1.63. The molecule has 0 bridgehead atoms. The van der Waals surface area contributed by atoms with Crippen molar-refractivity contribution in [2.24, 2.45) is 17.6 Å². The van der Waals surface area contributed by atoms with Crippen molar-refractivity contribution in [1.82, 2.24) is 9.88 Å². The largest absolute Gasteiger partial charge is 0.327 e. The van der Waals surface area contributed by atoms with Gasteiger partial charge in [0, 0.05) is 19.1 Å². The lowest BCUT2D eigenvalue weighted by molar-refractivity contribution is 0.259. The van der Waals surface area contributed by atoms with Gasteiger partial charge in [-0.05, 0) is 24.7 Å². The molecule has 0 amide bonds. The average Bonchev–Trinajstić information content (AvgIpc) is 2.86. The van der Waals surface area contributed by atoms with Gasteiger partial charge in [0.15, 0.2) is 0 Å². The highest BCUT2D eigenvalue weighted by Crippen LogP contribution is 2.36. The number of thiazole rings is 1. The fourth-order valence-corrected chi connectivity index (χ4v) is 4.29. The molecular weight excluding hydrogens is 254 g/mol. The van der Waals surface area contributed by atoms with Gasteiger partial charge in [-0.1, -0.05) is 18.0 Å². The van der Waals surface area contributed by atoms with Crippen LogP contribution in [0.4, 0.5) is 0 Å². The first-order chi connectivity index (χ1) is 8.22. The SMILES string of the molecule is NC1CCCC2CN(Cc3ncc(Cl)s3)CC12. The van der Waals surface area contributed by atoms with E-state index in [-0.39, 0.29) is 0 Å². The van der Waals surface area contributed by atoms with E-state index in [0.29, 0.717) is 12.0 Å². The van der Waals surface area contributed by atoms with Gasteiger partial charge in [-0.15, -0.1) is 11.3 Å². The van der Waals surface area contributed by atoms with Crippen molar-refractivity contribution in [2.45, 2.75) is 31.8 Å². The van der Waals surface area contributed by atoms with E-state index >= 15 is 0 Å². The Morgan fingerprint density at radius 1 is 1.47 bits per heavy atom. The third-order valence-electron chi connectivity index (χ3n) is 4.11. The Kier molecular flexibility index (Phi) is 3.39. The van der Waals surface area contributed by atoms with Gasteiger partial charge in [0.1, 0.15) is 9.34 Å². The third kappa shape index (κ3) is 2.50. The number of halogens is 1. The Morgan fingerprint density at radius 2 is 2.35 bits per heavy atom. The number of rotatable bonds is 2. The monoisotopic (exact) mass is 271 g/mol. The number of nitrogens with zero attached hydrogens (tertiary/aromatic N) is 2. The fraction of sp³-hybridized carbons (Fsp3) is 0.750. The second-order valence-corrected chi connectivity index (χ2v) is 7.02. The molecule has 17 heavy (non-hydrogen) atoms. The maximum atomic E-state index is 6.22. The summed E-state index contributed by atoms with van der Waals surface area (Å²) in [6.07, 6.45) is 5.61. The molecule has 1 aliphatic heterocycles. The molecule has 2 aliphatic rings. The highest BCUT2D eigenvalue weighted by Gasteiger charge is 2.38. The first-order valence-electron chi connectivity index (χ1n) is 6.30. The van der Waals surface area contributed by atoms with Crippen LogP contribution in [0.1, 0.15) is 24.3 Å². The van der Waals surface area contributed by atoms with Crippen LogP contribution in [0.3, 0.4) is 0 Å². The normalized spacial score (nSPS) is 33.9. The molecule has 0 aromatic carbocycles. The van der Waals surface area contributed by atoms with E-state index in [1.54, 1.807) is 17.5 Å². The zero-order chi connectivity index (χ0) is 11.8. The minimum Gasteiger partial charge on any atom is -0.327 e. The maximum Gasteiger partial charge on any atom is 0.113 e. The lowest BCUT2D eigenvalue weighted by Crippen LogP contribution is -2.38. The molecular formula is C12H18ClN3S. The highest BCUT2D eigenvalue weighted by atomic mass is 35.5. The van der Waals surface area contributed by atoms with Crippen LogP contribution in [0.25, 0.3) is 0 Å². The number of hydrogen-bond acceptors (Lipinski definition) is 4. The summed E-state index contributed by atoms with van der Waals surface area (Å²) in [5, 5.41) is 1.13. The Morgan fingerprint density at radius 3 is 3.06 bits per heavy atom. The number of aromatic nitrogens is 1. The van der Waals surface area contributed by atoms with Crippen LogP contribution in [0, 0.1) is 11.8 Å². The van der Waals surface area contributed by atoms with E-state index in [4.69, 9.17) is 17.3 Å². The number of nitrogens with two attached hydrogens (primary N) is 1. The number of fused-ring (bicyclic) bond motifs is 1. The van der Waals surface area contributed by atoms with Gasteiger partial charge in [0.25, 0.3) is 0 Å². The molecule has 2 N–H and O–H groups in total. The molecule has 2 fully saturated rings. The molecule has 1 aliphatic carbocycles. The summed E-state index contributed by atoms with van der Waals surface area (Å²) >= 11 is 7.50. The van der Waals surface area contributed by atoms with Crippen molar-refractivity contribution < 1.29 is 0 Å². The van der Waals surface area contributed by atoms with Gasteiger partial charge >= 0.3 is 0 Å². The summed E-state index contributed by atoms with van der Waals surface area (Å²) in [7, 11) is 0. The second kappa shape index (κ2) is 4.84. The molecule has 1 saturated carbocycles. The first-order valence-corrected chi connectivity index (χ1v) is 7.50. The van der Waals surface area contributed by atoms with Crippen molar-refractivity contribution in [3.63, 3.8) is 0 Å². The standard InChI is InChI=1S/C12H18ClN3S/c13-11-4-15-12(17-11)7-16-5-8-2-1-3-10(14)9(8)6-16/h4,8-10H,1-3,5-7,14H2.